The average Bonchev–Trinajstić information content (AvgIpc) is 2.47. The molecular weight excluding hydrogens is 448 g/mol. The Morgan fingerprint density at radius 3 is 0.933 bits per heavy atom. The monoisotopic (exact) mass is 472 g/mol. The Balaban J connectivity index is -0.000000521. The van der Waals surface area contributed by atoms with E-state index in [-0.39, 0.29) is 158 Å². The van der Waals surface area contributed by atoms with Gasteiger partial charge in [-0.25, -0.2) is 0 Å². The summed E-state index contributed by atoms with van der Waals surface area (Å²) in [6, 6.07) is 0. The number of carbonyl (C=O) groups is 4. The first-order valence-corrected chi connectivity index (χ1v) is 7.68. The van der Waals surface area contributed by atoms with E-state index >= 15 is 0 Å². The molecule has 0 atom stereocenters. The maximum absolute atomic E-state index is 10.6. The first-order chi connectivity index (χ1) is 12.2. The summed E-state index contributed by atoms with van der Waals surface area (Å²) in [7, 11) is 0. The second-order valence-electron chi connectivity index (χ2n) is 5.22. The minimum absolute atomic E-state index is 0. The number of hydrogen-bond acceptors (Lipinski definition) is 8. The van der Waals surface area contributed by atoms with Crippen LogP contribution >= 0.6 is 0 Å². The van der Waals surface area contributed by atoms with E-state index in [0.29, 0.717) is 0 Å². The average molecular weight is 472 g/mol. The van der Waals surface area contributed by atoms with Gasteiger partial charge in [0.05, 0.1) is 52.6 Å². The van der Waals surface area contributed by atoms with Crippen molar-refractivity contribution in [3.8, 4) is 0 Å². The molecule has 12 nitrogen and oxygen atoms in total. The van der Waals surface area contributed by atoms with Crippen molar-refractivity contribution in [2.24, 2.45) is 0 Å². The molecule has 30 heavy (non-hydrogen) atoms. The number of ether oxygens (including phenoxy) is 2. The Morgan fingerprint density at radius 1 is 0.500 bits per heavy atom. The van der Waals surface area contributed by atoms with E-state index in [2.05, 4.69) is 0 Å². The predicted octanol–water partition coefficient (Wildman–Crippen LogP) is -14.0. The molecule has 0 saturated heterocycles. The molecule has 0 aromatic heterocycles. The fraction of sp³-hybridized carbons (Fsp3) is 0.714. The third kappa shape index (κ3) is 29.7. The molecule has 0 bridgehead atoms. The van der Waals surface area contributed by atoms with E-state index < -0.39 is 50.1 Å². The van der Waals surface area contributed by atoms with Gasteiger partial charge < -0.3 is 29.9 Å². The SMILES string of the molecule is O=C(O)CN(CCOCCOCCN(CC(=O)O)CC(=O)O)CC(=O)O.[Na+].[Na+].[Na+].[Na+]. The van der Waals surface area contributed by atoms with Crippen molar-refractivity contribution in [1.29, 1.82) is 0 Å². The van der Waals surface area contributed by atoms with Crippen LogP contribution < -0.4 is 118 Å². The van der Waals surface area contributed by atoms with Crippen molar-refractivity contribution >= 4 is 23.9 Å². The van der Waals surface area contributed by atoms with Gasteiger partial charge in [-0.05, 0) is 0 Å². The molecule has 150 valence electrons. The van der Waals surface area contributed by atoms with Gasteiger partial charge in [-0.1, -0.05) is 0 Å². The van der Waals surface area contributed by atoms with E-state index in [4.69, 9.17) is 29.9 Å². The molecule has 0 rings (SSSR count). The maximum atomic E-state index is 10.6. The van der Waals surface area contributed by atoms with E-state index in [1.165, 1.54) is 9.80 Å². The molecule has 4 N–H and O–H groups in total. The molecule has 0 unspecified atom stereocenters. The molecule has 0 fully saturated rings. The maximum Gasteiger partial charge on any atom is 1.00 e. The standard InChI is InChI=1S/C14H24N2O10.4Na/c17-11(18)7-15(8-12(19)20)1-3-25-5-6-26-4-2-16(9-13(21)22)10-14(23)24;;;;/h1-10H2,(H,17,18)(H,19,20)(H,21,22)(H,23,24);;;;/q;4*+1. The number of aliphatic carboxylic acids is 4. The van der Waals surface area contributed by atoms with Gasteiger partial charge in [-0.3, -0.25) is 29.0 Å². The van der Waals surface area contributed by atoms with Crippen LogP contribution in [0.2, 0.25) is 0 Å². The Morgan fingerprint density at radius 2 is 0.733 bits per heavy atom. The van der Waals surface area contributed by atoms with E-state index in [9.17, 15) is 19.2 Å². The molecule has 0 aromatic carbocycles. The van der Waals surface area contributed by atoms with Crippen LogP contribution in [-0.4, -0.2) is 120 Å². The van der Waals surface area contributed by atoms with Gasteiger partial charge >= 0.3 is 142 Å². The fourth-order valence-corrected chi connectivity index (χ4v) is 1.90. The van der Waals surface area contributed by atoms with E-state index in [0.717, 1.165) is 0 Å². The zero-order valence-corrected chi connectivity index (χ0v) is 26.2. The van der Waals surface area contributed by atoms with Gasteiger partial charge in [0.2, 0.25) is 0 Å². The van der Waals surface area contributed by atoms with Crippen molar-refractivity contribution in [2.45, 2.75) is 0 Å². The van der Waals surface area contributed by atoms with Crippen molar-refractivity contribution in [2.75, 3.05) is 65.7 Å². The summed E-state index contributed by atoms with van der Waals surface area (Å²) in [6.45, 7) is -0.790. The van der Waals surface area contributed by atoms with Crippen molar-refractivity contribution in [3.05, 3.63) is 0 Å². The largest absolute Gasteiger partial charge is 1.00 e. The molecule has 0 spiro atoms. The van der Waals surface area contributed by atoms with Gasteiger partial charge in [0.25, 0.3) is 0 Å². The summed E-state index contributed by atoms with van der Waals surface area (Å²) in [5.41, 5.74) is 0. The zero-order valence-electron chi connectivity index (χ0n) is 18.2. The van der Waals surface area contributed by atoms with Gasteiger partial charge in [0, 0.05) is 13.1 Å². The molecular formula is C14H24N2Na4O10+4. The van der Waals surface area contributed by atoms with Gasteiger partial charge in [0.15, 0.2) is 0 Å². The van der Waals surface area contributed by atoms with Crippen LogP contribution in [0.25, 0.3) is 0 Å². The Bertz CT molecular complexity index is 414. The normalized spacial score (nSPS) is 9.53. The second-order valence-corrected chi connectivity index (χ2v) is 5.22. The van der Waals surface area contributed by atoms with Crippen LogP contribution in [0.3, 0.4) is 0 Å². The molecule has 0 aliphatic carbocycles. The van der Waals surface area contributed by atoms with E-state index in [1.807, 2.05) is 0 Å². The molecule has 0 amide bonds. The summed E-state index contributed by atoms with van der Waals surface area (Å²) in [5.74, 6) is -4.55. The summed E-state index contributed by atoms with van der Waals surface area (Å²) >= 11 is 0. The fourth-order valence-electron chi connectivity index (χ4n) is 1.90. The minimum atomic E-state index is -1.14. The van der Waals surface area contributed by atoms with Crippen LogP contribution in [0.5, 0.6) is 0 Å². The van der Waals surface area contributed by atoms with Crippen LogP contribution in [0.1, 0.15) is 0 Å². The van der Waals surface area contributed by atoms with Gasteiger partial charge in [-0.15, -0.1) is 0 Å². The molecule has 0 aromatic rings. The number of hydrogen-bond donors (Lipinski definition) is 4. The van der Waals surface area contributed by atoms with Crippen LogP contribution in [0.4, 0.5) is 0 Å². The summed E-state index contributed by atoms with van der Waals surface area (Å²) in [5, 5.41) is 34.7. The zero-order chi connectivity index (χ0) is 19.9. The molecule has 16 heteroatoms. The summed E-state index contributed by atoms with van der Waals surface area (Å²) in [4.78, 5) is 44.9. The van der Waals surface area contributed by atoms with E-state index in [1.54, 1.807) is 0 Å². The minimum Gasteiger partial charge on any atom is -0.480 e. The first-order valence-electron chi connectivity index (χ1n) is 7.68. The van der Waals surface area contributed by atoms with Crippen LogP contribution in [0, 0.1) is 0 Å². The molecule has 0 aliphatic heterocycles. The van der Waals surface area contributed by atoms with Crippen LogP contribution in [-0.2, 0) is 28.7 Å². The van der Waals surface area contributed by atoms with Gasteiger partial charge in [-0.2, -0.15) is 0 Å². The van der Waals surface area contributed by atoms with Crippen LogP contribution in [0.15, 0.2) is 0 Å². The van der Waals surface area contributed by atoms with Crippen molar-refractivity contribution in [3.63, 3.8) is 0 Å². The third-order valence-electron chi connectivity index (χ3n) is 2.91. The molecule has 0 aliphatic rings. The molecule has 0 radical (unpaired) electrons. The first kappa shape index (κ1) is 41.9. The number of carboxylic acids is 4. The van der Waals surface area contributed by atoms with Gasteiger partial charge in [0.1, 0.15) is 0 Å². The topological polar surface area (TPSA) is 174 Å². The molecule has 0 saturated carbocycles. The second kappa shape index (κ2) is 27.0. The third-order valence-corrected chi connectivity index (χ3v) is 2.91. The van der Waals surface area contributed by atoms with Crippen molar-refractivity contribution < 1.29 is 167 Å². The number of carboxylic acid groups (broad SMARTS) is 4. The Kier molecular flexibility index (Phi) is 37.7. The number of nitrogens with zero attached hydrogens (tertiary/aromatic N) is 2. The quantitative estimate of drug-likeness (QED) is 0.116. The summed E-state index contributed by atoms with van der Waals surface area (Å²) in [6.07, 6.45) is 0. The smallest absolute Gasteiger partial charge is 0.480 e. The Hall–Kier alpha value is 1.72. The number of rotatable bonds is 17. The Labute approximate surface area is 263 Å². The van der Waals surface area contributed by atoms with Crippen molar-refractivity contribution in [1.82, 2.24) is 9.80 Å². The predicted molar refractivity (Wildman–Crippen MR) is 85.1 cm³/mol. The molecule has 0 heterocycles. The summed E-state index contributed by atoms with van der Waals surface area (Å²) < 4.78 is 10.4.